The second-order valence-corrected chi connectivity index (χ2v) is 4.97. The molecule has 0 aliphatic rings. The number of nitrogens with one attached hydrogen (secondary N) is 2. The molecule has 1 heterocycles. The number of anilines is 1. The van der Waals surface area contributed by atoms with Crippen molar-refractivity contribution in [3.8, 4) is 5.75 Å². The van der Waals surface area contributed by atoms with Gasteiger partial charge in [0.05, 0.1) is 6.26 Å². The molecule has 0 atom stereocenters. The summed E-state index contributed by atoms with van der Waals surface area (Å²) in [5, 5.41) is 3.88. The second kappa shape index (κ2) is 6.18. The van der Waals surface area contributed by atoms with Crippen LogP contribution in [-0.2, 0) is 4.79 Å². The van der Waals surface area contributed by atoms with Gasteiger partial charge in [0.2, 0.25) is 0 Å². The number of para-hydroxylation sites is 1. The number of ether oxygens (including phenoxy) is 1. The number of benzene rings is 2. The summed E-state index contributed by atoms with van der Waals surface area (Å²) in [6.45, 7) is 1.72. The summed E-state index contributed by atoms with van der Waals surface area (Å²) in [6, 6.07) is 17.0. The monoisotopic (exact) mass is 292 g/mol. The van der Waals surface area contributed by atoms with Gasteiger partial charge in [-0.05, 0) is 43.3 Å². The van der Waals surface area contributed by atoms with Crippen LogP contribution in [0.2, 0.25) is 0 Å². The first-order chi connectivity index (χ1) is 10.7. The van der Waals surface area contributed by atoms with Crippen LogP contribution in [0.1, 0.15) is 6.92 Å². The molecule has 4 nitrogen and oxygen atoms in total. The van der Waals surface area contributed by atoms with E-state index < -0.39 is 0 Å². The number of hydrogen-bond donors (Lipinski definition) is 2. The predicted octanol–water partition coefficient (Wildman–Crippen LogP) is 4.09. The van der Waals surface area contributed by atoms with Crippen molar-refractivity contribution in [1.82, 2.24) is 4.98 Å². The molecular weight excluding hydrogens is 276 g/mol. The largest absolute Gasteiger partial charge is 0.465 e. The minimum atomic E-state index is -0.186. The van der Waals surface area contributed by atoms with Crippen molar-refractivity contribution in [3.63, 3.8) is 0 Å². The van der Waals surface area contributed by atoms with Gasteiger partial charge < -0.3 is 15.0 Å². The van der Waals surface area contributed by atoms with Crippen molar-refractivity contribution in [2.24, 2.45) is 0 Å². The quantitative estimate of drug-likeness (QED) is 0.562. The predicted molar refractivity (Wildman–Crippen MR) is 87.8 cm³/mol. The number of aromatic amines is 1. The standard InChI is InChI=1S/C18H16N2O2/c1-13(18(21)20-15-5-3-2-4-6-15)12-22-16-7-8-17-14(11-16)9-10-19-17/h2-12,19H,1H3,(H,20,21). The fourth-order valence-corrected chi connectivity index (χ4v) is 2.07. The van der Waals surface area contributed by atoms with E-state index in [1.807, 2.05) is 60.8 Å². The summed E-state index contributed by atoms with van der Waals surface area (Å²) in [5.41, 5.74) is 2.31. The topological polar surface area (TPSA) is 54.1 Å². The van der Waals surface area contributed by atoms with Crippen LogP contribution in [0.4, 0.5) is 5.69 Å². The van der Waals surface area contributed by atoms with E-state index >= 15 is 0 Å². The number of rotatable bonds is 4. The van der Waals surface area contributed by atoms with Gasteiger partial charge in [-0.2, -0.15) is 0 Å². The summed E-state index contributed by atoms with van der Waals surface area (Å²) >= 11 is 0. The highest BCUT2D eigenvalue weighted by molar-refractivity contribution is 6.03. The van der Waals surface area contributed by atoms with Crippen molar-refractivity contribution in [2.75, 3.05) is 5.32 Å². The minimum Gasteiger partial charge on any atom is -0.465 e. The average molecular weight is 292 g/mol. The molecule has 0 spiro atoms. The fraction of sp³-hybridized carbons (Fsp3) is 0.0556. The van der Waals surface area contributed by atoms with Crippen molar-refractivity contribution < 1.29 is 9.53 Å². The summed E-state index contributed by atoms with van der Waals surface area (Å²) in [4.78, 5) is 15.2. The summed E-state index contributed by atoms with van der Waals surface area (Å²) < 4.78 is 5.57. The maximum absolute atomic E-state index is 12.0. The molecule has 1 aromatic heterocycles. The molecule has 1 amide bonds. The molecule has 3 rings (SSSR count). The third kappa shape index (κ3) is 3.17. The van der Waals surface area contributed by atoms with Gasteiger partial charge in [0.15, 0.2) is 0 Å². The molecule has 3 aromatic rings. The number of H-pyrrole nitrogens is 1. The van der Waals surface area contributed by atoms with Crippen LogP contribution in [0.25, 0.3) is 10.9 Å². The van der Waals surface area contributed by atoms with E-state index in [0.29, 0.717) is 11.3 Å². The maximum atomic E-state index is 12.0. The van der Waals surface area contributed by atoms with E-state index in [2.05, 4.69) is 10.3 Å². The number of carbonyl (C=O) groups excluding carboxylic acids is 1. The van der Waals surface area contributed by atoms with Gasteiger partial charge in [-0.3, -0.25) is 4.79 Å². The van der Waals surface area contributed by atoms with E-state index in [9.17, 15) is 4.79 Å². The zero-order valence-corrected chi connectivity index (χ0v) is 12.2. The van der Waals surface area contributed by atoms with Gasteiger partial charge in [-0.1, -0.05) is 18.2 Å². The molecule has 0 unspecified atom stereocenters. The van der Waals surface area contributed by atoms with Gasteiger partial charge in [0.25, 0.3) is 5.91 Å². The SMILES string of the molecule is CC(=COc1ccc2[nH]ccc2c1)C(=O)Nc1ccccc1. The third-order valence-electron chi connectivity index (χ3n) is 3.29. The smallest absolute Gasteiger partial charge is 0.254 e. The Morgan fingerprint density at radius 2 is 1.95 bits per heavy atom. The van der Waals surface area contributed by atoms with Crippen LogP contribution in [0.5, 0.6) is 5.75 Å². The zero-order chi connectivity index (χ0) is 15.4. The van der Waals surface area contributed by atoms with Crippen molar-refractivity contribution in [3.05, 3.63) is 72.6 Å². The first-order valence-corrected chi connectivity index (χ1v) is 6.99. The lowest BCUT2D eigenvalue weighted by Gasteiger charge is -2.06. The minimum absolute atomic E-state index is 0.186. The number of amides is 1. The number of fused-ring (bicyclic) bond motifs is 1. The first-order valence-electron chi connectivity index (χ1n) is 6.99. The molecule has 2 N–H and O–H groups in total. The third-order valence-corrected chi connectivity index (χ3v) is 3.29. The molecule has 0 saturated carbocycles. The molecule has 0 fully saturated rings. The molecular formula is C18H16N2O2. The lowest BCUT2D eigenvalue weighted by atomic mass is 10.2. The van der Waals surface area contributed by atoms with E-state index in [1.54, 1.807) is 6.92 Å². The average Bonchev–Trinajstić information content (AvgIpc) is 3.01. The van der Waals surface area contributed by atoms with Gasteiger partial charge in [-0.15, -0.1) is 0 Å². The highest BCUT2D eigenvalue weighted by atomic mass is 16.5. The molecule has 0 radical (unpaired) electrons. The van der Waals surface area contributed by atoms with Gasteiger partial charge in [-0.25, -0.2) is 0 Å². The van der Waals surface area contributed by atoms with Crippen LogP contribution in [0, 0.1) is 0 Å². The Morgan fingerprint density at radius 3 is 2.77 bits per heavy atom. The molecule has 4 heteroatoms. The van der Waals surface area contributed by atoms with E-state index in [0.717, 1.165) is 16.6 Å². The Bertz CT molecular complexity index is 819. The maximum Gasteiger partial charge on any atom is 0.254 e. The van der Waals surface area contributed by atoms with E-state index in [-0.39, 0.29) is 5.91 Å². The van der Waals surface area contributed by atoms with Crippen molar-refractivity contribution >= 4 is 22.5 Å². The normalized spacial score (nSPS) is 11.4. The molecule has 2 aromatic carbocycles. The lowest BCUT2D eigenvalue weighted by Crippen LogP contribution is -2.13. The van der Waals surface area contributed by atoms with Crippen LogP contribution >= 0.6 is 0 Å². The highest BCUT2D eigenvalue weighted by Crippen LogP contribution is 2.20. The number of carbonyl (C=O) groups is 1. The molecule has 22 heavy (non-hydrogen) atoms. The van der Waals surface area contributed by atoms with Crippen LogP contribution in [-0.4, -0.2) is 10.9 Å². The molecule has 0 bridgehead atoms. The second-order valence-electron chi connectivity index (χ2n) is 4.97. The highest BCUT2D eigenvalue weighted by Gasteiger charge is 2.05. The van der Waals surface area contributed by atoms with Gasteiger partial charge in [0, 0.05) is 28.4 Å². The number of aromatic nitrogens is 1. The Hall–Kier alpha value is -3.01. The van der Waals surface area contributed by atoms with Crippen molar-refractivity contribution in [1.29, 1.82) is 0 Å². The lowest BCUT2D eigenvalue weighted by molar-refractivity contribution is -0.112. The van der Waals surface area contributed by atoms with Crippen LogP contribution < -0.4 is 10.1 Å². The molecule has 0 saturated heterocycles. The Labute approximate surface area is 128 Å². The molecule has 0 aliphatic carbocycles. The first kappa shape index (κ1) is 13.9. The number of hydrogen-bond acceptors (Lipinski definition) is 2. The summed E-state index contributed by atoms with van der Waals surface area (Å²) in [6.07, 6.45) is 3.34. The molecule has 0 aliphatic heterocycles. The zero-order valence-electron chi connectivity index (χ0n) is 12.2. The van der Waals surface area contributed by atoms with Crippen LogP contribution in [0.15, 0.2) is 72.6 Å². The van der Waals surface area contributed by atoms with Crippen LogP contribution in [0.3, 0.4) is 0 Å². The van der Waals surface area contributed by atoms with E-state index in [1.165, 1.54) is 6.26 Å². The van der Waals surface area contributed by atoms with E-state index in [4.69, 9.17) is 4.74 Å². The molecule has 110 valence electrons. The Kier molecular flexibility index (Phi) is 3.92. The van der Waals surface area contributed by atoms with Crippen molar-refractivity contribution in [2.45, 2.75) is 6.92 Å². The van der Waals surface area contributed by atoms with Gasteiger partial charge >= 0.3 is 0 Å². The van der Waals surface area contributed by atoms with Gasteiger partial charge in [0.1, 0.15) is 5.75 Å². The Morgan fingerprint density at radius 1 is 1.14 bits per heavy atom. The fourth-order valence-electron chi connectivity index (χ4n) is 2.07. The Balaban J connectivity index is 1.67. The summed E-state index contributed by atoms with van der Waals surface area (Å²) in [7, 11) is 0. The summed E-state index contributed by atoms with van der Waals surface area (Å²) in [5.74, 6) is 0.507.